The van der Waals surface area contributed by atoms with Crippen molar-refractivity contribution in [3.8, 4) is 0 Å². The highest BCUT2D eigenvalue weighted by Gasteiger charge is 2.12. The van der Waals surface area contributed by atoms with Gasteiger partial charge in [-0.3, -0.25) is 10.1 Å². The number of amides is 3. The summed E-state index contributed by atoms with van der Waals surface area (Å²) < 4.78 is 9.36. The fourth-order valence-corrected chi connectivity index (χ4v) is 1.03. The lowest BCUT2D eigenvalue weighted by molar-refractivity contribution is -0.143. The molecule has 3 amide bonds. The van der Waals surface area contributed by atoms with Crippen molar-refractivity contribution in [3.05, 3.63) is 0 Å². The summed E-state index contributed by atoms with van der Waals surface area (Å²) in [5.74, 6) is -1.86. The van der Waals surface area contributed by atoms with Crippen LogP contribution < -0.4 is 5.32 Å². The summed E-state index contributed by atoms with van der Waals surface area (Å²) in [4.78, 5) is 34.0. The minimum absolute atomic E-state index is 0.447. The first-order valence-electron chi connectivity index (χ1n) is 5.30. The summed E-state index contributed by atoms with van der Waals surface area (Å²) in [6, 6.07) is -0.560. The summed E-state index contributed by atoms with van der Waals surface area (Å²) >= 11 is 0. The molecule has 0 aromatic rings. The molecule has 0 aliphatic carbocycles. The Balaban J connectivity index is 3.77. The second kappa shape index (κ2) is 9.37. The number of methoxy groups -OCH3 is 1. The maximum absolute atomic E-state index is 11.4. The minimum Gasteiger partial charge on any atom is -0.480 e. The van der Waals surface area contributed by atoms with E-state index >= 15 is 0 Å². The van der Waals surface area contributed by atoms with Crippen LogP contribution in [0.2, 0.25) is 0 Å². The molecule has 0 unspecified atom stereocenters. The Morgan fingerprint density at radius 1 is 1.28 bits per heavy atom. The third kappa shape index (κ3) is 8.48. The third-order valence-corrected chi connectivity index (χ3v) is 1.89. The number of urea groups is 1. The van der Waals surface area contributed by atoms with E-state index in [1.165, 1.54) is 11.9 Å². The van der Waals surface area contributed by atoms with Gasteiger partial charge >= 0.3 is 12.0 Å². The average Bonchev–Trinajstić information content (AvgIpc) is 2.28. The summed E-state index contributed by atoms with van der Waals surface area (Å²) in [5.41, 5.74) is 0. The van der Waals surface area contributed by atoms with Crippen LogP contribution in [0.5, 0.6) is 0 Å². The number of aliphatic carboxylic acids is 1. The molecule has 0 bridgehead atoms. The third-order valence-electron chi connectivity index (χ3n) is 1.89. The van der Waals surface area contributed by atoms with Crippen LogP contribution in [-0.2, 0) is 19.1 Å². The van der Waals surface area contributed by atoms with E-state index in [9.17, 15) is 14.4 Å². The molecule has 0 saturated heterocycles. The van der Waals surface area contributed by atoms with Crippen molar-refractivity contribution in [3.63, 3.8) is 0 Å². The second-order valence-electron chi connectivity index (χ2n) is 3.51. The van der Waals surface area contributed by atoms with Crippen LogP contribution in [0.1, 0.15) is 6.42 Å². The zero-order chi connectivity index (χ0) is 14.0. The summed E-state index contributed by atoms with van der Waals surface area (Å²) in [6.45, 7) is -0.0779. The molecule has 0 heterocycles. The number of hydrogen-bond acceptors (Lipinski definition) is 5. The van der Waals surface area contributed by atoms with Gasteiger partial charge in [0, 0.05) is 27.3 Å². The maximum atomic E-state index is 11.4. The molecular formula is C10H18N2O6. The normalized spacial score (nSPS) is 9.89. The fraction of sp³-hybridized carbons (Fsp3) is 0.700. The highest BCUT2D eigenvalue weighted by Crippen LogP contribution is 1.89. The average molecular weight is 262 g/mol. The number of hydrogen-bond donors (Lipinski definition) is 2. The number of nitrogens with one attached hydrogen (secondary N) is 1. The predicted molar refractivity (Wildman–Crippen MR) is 61.1 cm³/mol. The summed E-state index contributed by atoms with van der Waals surface area (Å²) in [7, 11) is 3.10. The standard InChI is InChI=1S/C10H18N2O6/c1-12(4-3-5-17-2)10(16)11-8(13)6-18-7-9(14)15/h3-7H2,1-2H3,(H,14,15)(H,11,13,16). The highest BCUT2D eigenvalue weighted by molar-refractivity contribution is 5.94. The smallest absolute Gasteiger partial charge is 0.329 e. The van der Waals surface area contributed by atoms with Gasteiger partial charge in [0.25, 0.3) is 5.91 Å². The van der Waals surface area contributed by atoms with Crippen LogP contribution in [0, 0.1) is 0 Å². The molecule has 0 saturated carbocycles. The van der Waals surface area contributed by atoms with E-state index in [4.69, 9.17) is 9.84 Å². The Morgan fingerprint density at radius 3 is 2.50 bits per heavy atom. The Hall–Kier alpha value is -1.67. The number of rotatable bonds is 8. The first-order chi connectivity index (χ1) is 8.47. The molecular weight excluding hydrogens is 244 g/mol. The van der Waals surface area contributed by atoms with Crippen molar-refractivity contribution in [2.45, 2.75) is 6.42 Å². The zero-order valence-electron chi connectivity index (χ0n) is 10.5. The first-order valence-corrected chi connectivity index (χ1v) is 5.30. The predicted octanol–water partition coefficient (Wildman–Crippen LogP) is -0.708. The zero-order valence-corrected chi connectivity index (χ0v) is 10.5. The lowest BCUT2D eigenvalue weighted by atomic mass is 10.4. The van der Waals surface area contributed by atoms with Crippen molar-refractivity contribution in [2.75, 3.05) is 40.5 Å². The largest absolute Gasteiger partial charge is 0.480 e. The van der Waals surface area contributed by atoms with Crippen molar-refractivity contribution in [1.82, 2.24) is 10.2 Å². The van der Waals surface area contributed by atoms with E-state index in [-0.39, 0.29) is 0 Å². The van der Waals surface area contributed by atoms with Gasteiger partial charge in [0.2, 0.25) is 0 Å². The highest BCUT2D eigenvalue weighted by atomic mass is 16.5. The molecule has 0 atom stereocenters. The quantitative estimate of drug-likeness (QED) is 0.560. The number of nitrogens with zero attached hydrogens (tertiary/aromatic N) is 1. The molecule has 0 aromatic carbocycles. The summed E-state index contributed by atoms with van der Waals surface area (Å²) in [5, 5.41) is 10.3. The van der Waals surface area contributed by atoms with Crippen LogP contribution in [0.4, 0.5) is 4.79 Å². The van der Waals surface area contributed by atoms with Gasteiger partial charge in [-0.2, -0.15) is 0 Å². The number of carbonyl (C=O) groups excluding carboxylic acids is 2. The van der Waals surface area contributed by atoms with E-state index < -0.39 is 31.1 Å². The molecule has 0 fully saturated rings. The van der Waals surface area contributed by atoms with E-state index in [0.29, 0.717) is 19.6 Å². The van der Waals surface area contributed by atoms with Gasteiger partial charge in [-0.15, -0.1) is 0 Å². The molecule has 2 N–H and O–H groups in total. The Kier molecular flexibility index (Phi) is 8.50. The Morgan fingerprint density at radius 2 is 1.94 bits per heavy atom. The van der Waals surface area contributed by atoms with Crippen molar-refractivity contribution in [1.29, 1.82) is 0 Å². The minimum atomic E-state index is -1.18. The SMILES string of the molecule is COCCCN(C)C(=O)NC(=O)COCC(=O)O. The van der Waals surface area contributed by atoms with E-state index in [1.807, 2.05) is 0 Å². The maximum Gasteiger partial charge on any atom is 0.329 e. The van der Waals surface area contributed by atoms with E-state index in [2.05, 4.69) is 10.1 Å². The lowest BCUT2D eigenvalue weighted by Gasteiger charge is -2.16. The number of carboxylic acid groups (broad SMARTS) is 1. The fourth-order valence-electron chi connectivity index (χ4n) is 1.03. The first kappa shape index (κ1) is 16.3. The van der Waals surface area contributed by atoms with Crippen molar-refractivity contribution >= 4 is 17.9 Å². The van der Waals surface area contributed by atoms with Gasteiger partial charge in [-0.05, 0) is 6.42 Å². The van der Waals surface area contributed by atoms with Crippen LogP contribution in [0.3, 0.4) is 0 Å². The molecule has 8 nitrogen and oxygen atoms in total. The van der Waals surface area contributed by atoms with Crippen LogP contribution >= 0.6 is 0 Å². The molecule has 0 aromatic heterocycles. The summed E-state index contributed by atoms with van der Waals surface area (Å²) in [6.07, 6.45) is 0.657. The molecule has 0 aliphatic heterocycles. The molecule has 0 radical (unpaired) electrons. The van der Waals surface area contributed by atoms with Crippen LogP contribution in [0.15, 0.2) is 0 Å². The van der Waals surface area contributed by atoms with Crippen LogP contribution in [0.25, 0.3) is 0 Å². The Bertz CT molecular complexity index is 294. The Labute approximate surface area is 105 Å². The molecule has 104 valence electrons. The number of imide groups is 1. The molecule has 0 spiro atoms. The van der Waals surface area contributed by atoms with Gasteiger partial charge < -0.3 is 19.5 Å². The van der Waals surface area contributed by atoms with Gasteiger partial charge in [0.1, 0.15) is 13.2 Å². The molecule has 0 rings (SSSR count). The molecule has 8 heteroatoms. The van der Waals surface area contributed by atoms with Crippen molar-refractivity contribution < 1.29 is 29.0 Å². The van der Waals surface area contributed by atoms with Crippen molar-refractivity contribution in [2.24, 2.45) is 0 Å². The molecule has 18 heavy (non-hydrogen) atoms. The number of ether oxygens (including phenoxy) is 2. The lowest BCUT2D eigenvalue weighted by Crippen LogP contribution is -2.42. The number of carboxylic acids is 1. The molecule has 0 aliphatic rings. The van der Waals surface area contributed by atoms with Gasteiger partial charge in [0.05, 0.1) is 0 Å². The van der Waals surface area contributed by atoms with Gasteiger partial charge in [-0.1, -0.05) is 0 Å². The topological polar surface area (TPSA) is 105 Å². The second-order valence-corrected chi connectivity index (χ2v) is 3.51. The van der Waals surface area contributed by atoms with E-state index in [0.717, 1.165) is 0 Å². The number of carbonyl (C=O) groups is 3. The van der Waals surface area contributed by atoms with Crippen LogP contribution in [-0.4, -0.2) is 68.4 Å². The monoisotopic (exact) mass is 262 g/mol. The van der Waals surface area contributed by atoms with Gasteiger partial charge in [0.15, 0.2) is 0 Å². The van der Waals surface area contributed by atoms with E-state index in [1.54, 1.807) is 7.11 Å². The van der Waals surface area contributed by atoms with Gasteiger partial charge in [-0.25, -0.2) is 9.59 Å².